The van der Waals surface area contributed by atoms with Crippen LogP contribution in [0.3, 0.4) is 0 Å². The fraction of sp³-hybridized carbons (Fsp3) is 0.933. The minimum atomic E-state index is 0.0901. The molecule has 18 heavy (non-hydrogen) atoms. The summed E-state index contributed by atoms with van der Waals surface area (Å²) in [6, 6.07) is 0.422. The van der Waals surface area contributed by atoms with E-state index in [4.69, 9.17) is 0 Å². The second kappa shape index (κ2) is 4.31. The summed E-state index contributed by atoms with van der Waals surface area (Å²) in [6.07, 6.45) is 1.05. The number of rotatable bonds is 0. The molecule has 0 radical (unpaired) electrons. The maximum atomic E-state index is 12.3. The van der Waals surface area contributed by atoms with Crippen molar-refractivity contribution < 1.29 is 4.79 Å². The zero-order valence-corrected chi connectivity index (χ0v) is 12.8. The van der Waals surface area contributed by atoms with Crippen LogP contribution in [-0.2, 0) is 4.79 Å². The molecular formula is C15H28N2O. The number of ketones is 1. The fourth-order valence-corrected chi connectivity index (χ4v) is 3.39. The molecule has 0 aromatic rings. The van der Waals surface area contributed by atoms with Crippen molar-refractivity contribution in [3.8, 4) is 0 Å². The molecule has 2 unspecified atom stereocenters. The zero-order valence-electron chi connectivity index (χ0n) is 12.8. The number of carbonyl (C=O) groups is 1. The van der Waals surface area contributed by atoms with Crippen LogP contribution in [0.2, 0.25) is 0 Å². The third kappa shape index (κ3) is 2.48. The van der Waals surface area contributed by atoms with E-state index in [9.17, 15) is 4.79 Å². The van der Waals surface area contributed by atoms with Crippen molar-refractivity contribution in [3.63, 3.8) is 0 Å². The van der Waals surface area contributed by atoms with Crippen LogP contribution in [0.5, 0.6) is 0 Å². The molecule has 0 saturated carbocycles. The number of Topliss-reactive ketones (excluding diaryl/α,β-unsaturated/α-hetero) is 1. The summed E-state index contributed by atoms with van der Waals surface area (Å²) in [5, 5.41) is 0. The summed E-state index contributed by atoms with van der Waals surface area (Å²) >= 11 is 0. The normalized spacial score (nSPS) is 31.8. The van der Waals surface area contributed by atoms with E-state index in [1.54, 1.807) is 0 Å². The molecule has 2 fully saturated rings. The highest BCUT2D eigenvalue weighted by molar-refractivity contribution is 5.85. The summed E-state index contributed by atoms with van der Waals surface area (Å²) < 4.78 is 0. The first-order valence-electron chi connectivity index (χ1n) is 7.15. The van der Waals surface area contributed by atoms with E-state index in [0.29, 0.717) is 18.4 Å². The average Bonchev–Trinajstić information content (AvgIpc) is 2.59. The molecule has 0 aliphatic carbocycles. The van der Waals surface area contributed by atoms with Gasteiger partial charge in [-0.2, -0.15) is 0 Å². The van der Waals surface area contributed by atoms with Gasteiger partial charge in [-0.1, -0.05) is 0 Å². The Morgan fingerprint density at radius 1 is 1.06 bits per heavy atom. The van der Waals surface area contributed by atoms with E-state index >= 15 is 0 Å². The highest BCUT2D eigenvalue weighted by Crippen LogP contribution is 2.36. The Morgan fingerprint density at radius 2 is 1.67 bits per heavy atom. The molecule has 0 N–H and O–H groups in total. The van der Waals surface area contributed by atoms with E-state index < -0.39 is 0 Å². The molecular weight excluding hydrogens is 224 g/mol. The van der Waals surface area contributed by atoms with Gasteiger partial charge in [0.05, 0.1) is 6.54 Å². The van der Waals surface area contributed by atoms with Gasteiger partial charge in [0.1, 0.15) is 0 Å². The number of hydrogen-bond acceptors (Lipinski definition) is 3. The standard InChI is InChI=1S/C15H28N2O/c1-14(2,3)16-9-12-11(13(18)10-16)7-8-17(12)15(4,5)6/h11-12H,7-10H2,1-6H3. The van der Waals surface area contributed by atoms with Crippen LogP contribution >= 0.6 is 0 Å². The first kappa shape index (κ1) is 14.0. The zero-order chi connectivity index (χ0) is 13.7. The first-order valence-corrected chi connectivity index (χ1v) is 7.15. The topological polar surface area (TPSA) is 23.6 Å². The molecule has 0 aromatic heterocycles. The lowest BCUT2D eigenvalue weighted by Gasteiger charge is -2.47. The molecule has 2 aliphatic rings. The average molecular weight is 252 g/mol. The fourth-order valence-electron chi connectivity index (χ4n) is 3.39. The van der Waals surface area contributed by atoms with Crippen LogP contribution in [0.1, 0.15) is 48.0 Å². The van der Waals surface area contributed by atoms with Crippen molar-refractivity contribution in [2.24, 2.45) is 5.92 Å². The number of nitrogens with zero attached hydrogens (tertiary/aromatic N) is 2. The number of carbonyl (C=O) groups excluding carboxylic acids is 1. The Balaban J connectivity index is 2.20. The molecule has 104 valence electrons. The molecule has 2 heterocycles. The Labute approximate surface area is 112 Å². The van der Waals surface area contributed by atoms with Gasteiger partial charge < -0.3 is 0 Å². The van der Waals surface area contributed by atoms with Gasteiger partial charge in [0.25, 0.3) is 0 Å². The van der Waals surface area contributed by atoms with Crippen LogP contribution in [0.15, 0.2) is 0 Å². The summed E-state index contributed by atoms with van der Waals surface area (Å²) in [5.41, 5.74) is 0.257. The van der Waals surface area contributed by atoms with Crippen molar-refractivity contribution >= 4 is 5.78 Å². The molecule has 0 amide bonds. The van der Waals surface area contributed by atoms with Crippen molar-refractivity contribution in [1.82, 2.24) is 9.80 Å². The van der Waals surface area contributed by atoms with E-state index in [-0.39, 0.29) is 17.0 Å². The van der Waals surface area contributed by atoms with E-state index in [1.807, 2.05) is 0 Å². The summed E-state index contributed by atoms with van der Waals surface area (Å²) in [4.78, 5) is 17.2. The summed E-state index contributed by atoms with van der Waals surface area (Å²) in [5.74, 6) is 0.732. The molecule has 2 rings (SSSR count). The minimum absolute atomic E-state index is 0.0901. The van der Waals surface area contributed by atoms with E-state index in [2.05, 4.69) is 51.3 Å². The van der Waals surface area contributed by atoms with Crippen LogP contribution in [0.4, 0.5) is 0 Å². The Morgan fingerprint density at radius 3 is 2.17 bits per heavy atom. The maximum Gasteiger partial charge on any atom is 0.151 e. The molecule has 2 saturated heterocycles. The second-order valence-electron chi connectivity index (χ2n) is 7.84. The third-order valence-electron chi connectivity index (χ3n) is 4.52. The molecule has 0 aromatic carbocycles. The number of likely N-dealkylation sites (tertiary alicyclic amines) is 2. The highest BCUT2D eigenvalue weighted by Gasteiger charge is 2.47. The second-order valence-corrected chi connectivity index (χ2v) is 7.84. The van der Waals surface area contributed by atoms with Crippen molar-refractivity contribution in [1.29, 1.82) is 0 Å². The smallest absolute Gasteiger partial charge is 0.151 e. The van der Waals surface area contributed by atoms with Gasteiger partial charge in [-0.3, -0.25) is 14.6 Å². The van der Waals surface area contributed by atoms with Crippen LogP contribution in [-0.4, -0.2) is 52.3 Å². The van der Waals surface area contributed by atoms with Gasteiger partial charge in [-0.15, -0.1) is 0 Å². The predicted octanol–water partition coefficient (Wildman–Crippen LogP) is 2.16. The Kier molecular flexibility index (Phi) is 3.35. The lowest BCUT2D eigenvalue weighted by atomic mass is 9.87. The molecule has 3 nitrogen and oxygen atoms in total. The Hall–Kier alpha value is -0.410. The van der Waals surface area contributed by atoms with Gasteiger partial charge in [0.15, 0.2) is 5.78 Å². The number of fused-ring (bicyclic) bond motifs is 1. The maximum absolute atomic E-state index is 12.3. The van der Waals surface area contributed by atoms with Crippen molar-refractivity contribution in [3.05, 3.63) is 0 Å². The number of hydrogen-bond donors (Lipinski definition) is 0. The van der Waals surface area contributed by atoms with Gasteiger partial charge in [0.2, 0.25) is 0 Å². The van der Waals surface area contributed by atoms with E-state index in [0.717, 1.165) is 19.5 Å². The molecule has 0 spiro atoms. The largest absolute Gasteiger partial charge is 0.298 e. The predicted molar refractivity (Wildman–Crippen MR) is 74.7 cm³/mol. The quantitative estimate of drug-likeness (QED) is 0.660. The monoisotopic (exact) mass is 252 g/mol. The van der Waals surface area contributed by atoms with E-state index in [1.165, 1.54) is 0 Å². The summed E-state index contributed by atoms with van der Waals surface area (Å²) in [6.45, 7) is 16.1. The Bertz CT molecular complexity index is 337. The molecule has 2 atom stereocenters. The number of piperidine rings is 1. The van der Waals surface area contributed by atoms with Crippen LogP contribution in [0, 0.1) is 5.92 Å². The van der Waals surface area contributed by atoms with Crippen LogP contribution in [0.25, 0.3) is 0 Å². The lowest BCUT2D eigenvalue weighted by molar-refractivity contribution is -0.131. The highest BCUT2D eigenvalue weighted by atomic mass is 16.1. The lowest BCUT2D eigenvalue weighted by Crippen LogP contribution is -2.60. The summed E-state index contributed by atoms with van der Waals surface area (Å²) in [7, 11) is 0. The van der Waals surface area contributed by atoms with Crippen molar-refractivity contribution in [2.75, 3.05) is 19.6 Å². The van der Waals surface area contributed by atoms with Gasteiger partial charge in [-0.05, 0) is 54.5 Å². The molecule has 0 bridgehead atoms. The minimum Gasteiger partial charge on any atom is -0.298 e. The molecule has 2 aliphatic heterocycles. The van der Waals surface area contributed by atoms with Crippen LogP contribution < -0.4 is 0 Å². The van der Waals surface area contributed by atoms with Gasteiger partial charge >= 0.3 is 0 Å². The third-order valence-corrected chi connectivity index (χ3v) is 4.52. The van der Waals surface area contributed by atoms with Gasteiger partial charge in [-0.25, -0.2) is 0 Å². The van der Waals surface area contributed by atoms with Crippen molar-refractivity contribution in [2.45, 2.75) is 65.1 Å². The first-order chi connectivity index (χ1) is 8.10. The SMILES string of the molecule is CC(C)(C)N1CC(=O)C2CCN(C(C)(C)C)C2C1. The molecule has 3 heteroatoms. The van der Waals surface area contributed by atoms with Gasteiger partial charge in [0, 0.05) is 29.6 Å².